The molecule has 2 aromatic rings. The van der Waals surface area contributed by atoms with Crippen LogP contribution in [0.4, 0.5) is 10.8 Å². The first kappa shape index (κ1) is 16.5. The zero-order valence-electron chi connectivity index (χ0n) is 13.6. The molecule has 1 aromatic carbocycles. The Hall–Kier alpha value is -1.88. The van der Waals surface area contributed by atoms with Crippen molar-refractivity contribution in [1.82, 2.24) is 4.98 Å². The predicted octanol–water partition coefficient (Wildman–Crippen LogP) is 4.25. The van der Waals surface area contributed by atoms with Gasteiger partial charge in [-0.05, 0) is 26.0 Å². The van der Waals surface area contributed by atoms with Gasteiger partial charge in [-0.2, -0.15) is 0 Å². The van der Waals surface area contributed by atoms with E-state index >= 15 is 0 Å². The molecule has 0 saturated heterocycles. The molecule has 22 heavy (non-hydrogen) atoms. The number of benzene rings is 1. The van der Waals surface area contributed by atoms with Crippen molar-refractivity contribution in [3.05, 3.63) is 29.6 Å². The monoisotopic (exact) mass is 317 g/mol. The van der Waals surface area contributed by atoms with E-state index in [9.17, 15) is 4.79 Å². The Balaban J connectivity index is 2.12. The third-order valence-corrected chi connectivity index (χ3v) is 4.40. The van der Waals surface area contributed by atoms with Crippen molar-refractivity contribution in [3.8, 4) is 11.3 Å². The summed E-state index contributed by atoms with van der Waals surface area (Å²) in [5.74, 6) is 0.0140. The van der Waals surface area contributed by atoms with E-state index in [1.807, 2.05) is 38.1 Å². The van der Waals surface area contributed by atoms with Crippen LogP contribution in [0.1, 0.15) is 27.7 Å². The lowest BCUT2D eigenvalue weighted by molar-refractivity contribution is -0.118. The minimum absolute atomic E-state index is 0.0187. The fraction of sp³-hybridized carbons (Fsp3) is 0.412. The highest BCUT2D eigenvalue weighted by molar-refractivity contribution is 7.14. The van der Waals surface area contributed by atoms with E-state index in [0.717, 1.165) is 35.2 Å². The molecule has 0 bridgehead atoms. The Labute approximate surface area is 136 Å². The van der Waals surface area contributed by atoms with Gasteiger partial charge < -0.3 is 10.2 Å². The lowest BCUT2D eigenvalue weighted by atomic mass is 10.1. The second-order valence-electron chi connectivity index (χ2n) is 5.41. The zero-order valence-corrected chi connectivity index (χ0v) is 14.4. The molecule has 4 nitrogen and oxygen atoms in total. The Morgan fingerprint density at radius 3 is 2.41 bits per heavy atom. The molecular formula is C17H23N3OS. The third-order valence-electron chi connectivity index (χ3n) is 3.50. The third kappa shape index (κ3) is 3.85. The molecule has 0 radical (unpaired) electrons. The lowest BCUT2D eigenvalue weighted by Crippen LogP contribution is -2.21. The summed E-state index contributed by atoms with van der Waals surface area (Å²) in [5.41, 5.74) is 2.87. The fourth-order valence-corrected chi connectivity index (χ4v) is 3.01. The van der Waals surface area contributed by atoms with E-state index in [2.05, 4.69) is 29.4 Å². The standard InChI is InChI=1S/C17H23N3OS/c1-5-20(6-2)17-19-15(11-22-17)13-7-9-14(10-8-13)18-16(21)12(3)4/h7-12H,5-6H2,1-4H3,(H,18,21). The molecule has 0 fully saturated rings. The molecule has 0 unspecified atom stereocenters. The van der Waals surface area contributed by atoms with Gasteiger partial charge in [0, 0.05) is 35.6 Å². The molecule has 5 heteroatoms. The summed E-state index contributed by atoms with van der Waals surface area (Å²) in [6.07, 6.45) is 0. The van der Waals surface area contributed by atoms with Gasteiger partial charge in [-0.25, -0.2) is 4.98 Å². The molecule has 0 aliphatic heterocycles. The molecule has 118 valence electrons. The Bertz CT molecular complexity index is 615. The normalized spacial score (nSPS) is 10.8. The molecule has 1 aromatic heterocycles. The SMILES string of the molecule is CCN(CC)c1nc(-c2ccc(NC(=O)C(C)C)cc2)cs1. The number of hydrogen-bond donors (Lipinski definition) is 1. The second-order valence-corrected chi connectivity index (χ2v) is 6.25. The zero-order chi connectivity index (χ0) is 16.1. The molecule has 1 N–H and O–H groups in total. The number of hydrogen-bond acceptors (Lipinski definition) is 4. The summed E-state index contributed by atoms with van der Waals surface area (Å²) in [5, 5.41) is 6.03. The second kappa shape index (κ2) is 7.40. The number of aromatic nitrogens is 1. The molecule has 0 aliphatic carbocycles. The number of anilines is 2. The van der Waals surface area contributed by atoms with Gasteiger partial charge in [-0.3, -0.25) is 4.79 Å². The molecular weight excluding hydrogens is 294 g/mol. The van der Waals surface area contributed by atoms with Gasteiger partial charge in [-0.15, -0.1) is 11.3 Å². The average molecular weight is 317 g/mol. The molecule has 0 atom stereocenters. The Morgan fingerprint density at radius 2 is 1.86 bits per heavy atom. The fourth-order valence-electron chi connectivity index (χ4n) is 2.05. The molecule has 1 heterocycles. The van der Waals surface area contributed by atoms with E-state index < -0.39 is 0 Å². The van der Waals surface area contributed by atoms with Gasteiger partial charge in [0.1, 0.15) is 0 Å². The molecule has 0 saturated carbocycles. The van der Waals surface area contributed by atoms with Crippen molar-refractivity contribution in [2.75, 3.05) is 23.3 Å². The molecule has 0 aliphatic rings. The number of amides is 1. The summed E-state index contributed by atoms with van der Waals surface area (Å²) >= 11 is 1.67. The molecule has 0 spiro atoms. The summed E-state index contributed by atoms with van der Waals surface area (Å²) in [6.45, 7) is 9.96. The predicted molar refractivity (Wildman–Crippen MR) is 94.6 cm³/mol. The summed E-state index contributed by atoms with van der Waals surface area (Å²) in [6, 6.07) is 7.84. The van der Waals surface area contributed by atoms with E-state index in [0.29, 0.717) is 0 Å². The minimum atomic E-state index is -0.0187. The first-order valence-corrected chi connectivity index (χ1v) is 8.54. The van der Waals surface area contributed by atoms with Crippen LogP contribution in [0.5, 0.6) is 0 Å². The summed E-state index contributed by atoms with van der Waals surface area (Å²) in [4.78, 5) is 18.6. The van der Waals surface area contributed by atoms with Gasteiger partial charge in [0.05, 0.1) is 5.69 Å². The number of carbonyl (C=O) groups excluding carboxylic acids is 1. The lowest BCUT2D eigenvalue weighted by Gasteiger charge is -2.16. The van der Waals surface area contributed by atoms with Gasteiger partial charge in [0.2, 0.25) is 5.91 Å². The van der Waals surface area contributed by atoms with Crippen LogP contribution >= 0.6 is 11.3 Å². The van der Waals surface area contributed by atoms with E-state index in [-0.39, 0.29) is 11.8 Å². The minimum Gasteiger partial charge on any atom is -0.349 e. The Kier molecular flexibility index (Phi) is 5.55. The largest absolute Gasteiger partial charge is 0.349 e. The van der Waals surface area contributed by atoms with Crippen LogP contribution in [0.15, 0.2) is 29.6 Å². The van der Waals surface area contributed by atoms with Crippen molar-refractivity contribution < 1.29 is 4.79 Å². The van der Waals surface area contributed by atoms with Crippen LogP contribution in [-0.4, -0.2) is 24.0 Å². The van der Waals surface area contributed by atoms with E-state index in [4.69, 9.17) is 4.98 Å². The first-order chi connectivity index (χ1) is 10.5. The number of carbonyl (C=O) groups is 1. The quantitative estimate of drug-likeness (QED) is 0.866. The average Bonchev–Trinajstić information content (AvgIpc) is 2.99. The van der Waals surface area contributed by atoms with Crippen LogP contribution in [0.25, 0.3) is 11.3 Å². The van der Waals surface area contributed by atoms with Crippen molar-refractivity contribution in [2.24, 2.45) is 5.92 Å². The highest BCUT2D eigenvalue weighted by Crippen LogP contribution is 2.28. The Morgan fingerprint density at radius 1 is 1.23 bits per heavy atom. The van der Waals surface area contributed by atoms with Gasteiger partial charge in [-0.1, -0.05) is 26.0 Å². The highest BCUT2D eigenvalue weighted by Gasteiger charge is 2.10. The number of nitrogens with one attached hydrogen (secondary N) is 1. The number of thiazole rings is 1. The van der Waals surface area contributed by atoms with Crippen LogP contribution in [0.2, 0.25) is 0 Å². The molecule has 1 amide bonds. The smallest absolute Gasteiger partial charge is 0.226 e. The van der Waals surface area contributed by atoms with Crippen molar-refractivity contribution in [2.45, 2.75) is 27.7 Å². The van der Waals surface area contributed by atoms with E-state index in [1.54, 1.807) is 11.3 Å². The summed E-state index contributed by atoms with van der Waals surface area (Å²) < 4.78 is 0. The van der Waals surface area contributed by atoms with Crippen molar-refractivity contribution in [3.63, 3.8) is 0 Å². The van der Waals surface area contributed by atoms with Gasteiger partial charge in [0.15, 0.2) is 5.13 Å². The van der Waals surface area contributed by atoms with Crippen LogP contribution in [0, 0.1) is 5.92 Å². The van der Waals surface area contributed by atoms with Crippen LogP contribution < -0.4 is 10.2 Å². The van der Waals surface area contributed by atoms with Gasteiger partial charge in [0.25, 0.3) is 0 Å². The maximum absolute atomic E-state index is 11.7. The number of rotatable bonds is 6. The maximum atomic E-state index is 11.7. The van der Waals surface area contributed by atoms with E-state index in [1.165, 1.54) is 0 Å². The van der Waals surface area contributed by atoms with Crippen molar-refractivity contribution >= 4 is 28.1 Å². The maximum Gasteiger partial charge on any atom is 0.226 e. The highest BCUT2D eigenvalue weighted by atomic mass is 32.1. The molecule has 2 rings (SSSR count). The first-order valence-electron chi connectivity index (χ1n) is 7.66. The number of nitrogens with zero attached hydrogens (tertiary/aromatic N) is 2. The van der Waals surface area contributed by atoms with Crippen LogP contribution in [-0.2, 0) is 4.79 Å². The van der Waals surface area contributed by atoms with Crippen LogP contribution in [0.3, 0.4) is 0 Å². The van der Waals surface area contributed by atoms with Crippen molar-refractivity contribution in [1.29, 1.82) is 0 Å². The van der Waals surface area contributed by atoms with Gasteiger partial charge >= 0.3 is 0 Å². The topological polar surface area (TPSA) is 45.2 Å². The summed E-state index contributed by atoms with van der Waals surface area (Å²) in [7, 11) is 0.